The predicted octanol–water partition coefficient (Wildman–Crippen LogP) is 2.85. The zero-order valence-corrected chi connectivity index (χ0v) is 22.7. The molecule has 0 saturated carbocycles. The zero-order valence-electron chi connectivity index (χ0n) is 22.7. The van der Waals surface area contributed by atoms with Crippen LogP contribution in [0.5, 0.6) is 0 Å². The summed E-state index contributed by atoms with van der Waals surface area (Å²) < 4.78 is 7.03. The number of likely N-dealkylation sites (tertiary alicyclic amines) is 1. The molecule has 0 bridgehead atoms. The summed E-state index contributed by atoms with van der Waals surface area (Å²) in [6.07, 6.45) is 5.42. The Kier molecular flexibility index (Phi) is 8.25. The first-order valence-corrected chi connectivity index (χ1v) is 13.9. The third-order valence-corrected chi connectivity index (χ3v) is 8.01. The van der Waals surface area contributed by atoms with E-state index in [1.54, 1.807) is 11.6 Å². The minimum absolute atomic E-state index is 0.0495. The standard InChI is InChI=1S/C30H35N5O5/c1-3-10-20-15-16-21-26(25(20)30(39)40-4-2)29(38)35(24(17-36)19-11-6-5-7-12-19)27(21)28(37)31-18-34-23-14-9-8-13-22(23)32-33-34/h5-9,11-16,20-21,24-27,36H,3-4,10,17-18H2,1-2H3,(H,31,37)/t20-,21+,24-,25-,26+,27+/m1/s1. The lowest BCUT2D eigenvalue weighted by Gasteiger charge is -2.34. The third-order valence-electron chi connectivity index (χ3n) is 8.01. The molecule has 1 aliphatic carbocycles. The van der Waals surface area contributed by atoms with E-state index in [0.717, 1.165) is 18.4 Å². The Morgan fingerprint density at radius 3 is 2.55 bits per heavy atom. The number of hydrogen-bond acceptors (Lipinski definition) is 7. The van der Waals surface area contributed by atoms with Crippen LogP contribution in [0.2, 0.25) is 0 Å². The molecule has 0 radical (unpaired) electrons. The number of aromatic nitrogens is 3. The molecular weight excluding hydrogens is 510 g/mol. The number of aliphatic hydroxyl groups is 1. The Hall–Kier alpha value is -4.05. The number of benzene rings is 2. The molecule has 2 heterocycles. The molecule has 1 aromatic heterocycles. The number of carbonyl (C=O) groups is 3. The molecule has 2 amide bonds. The molecule has 10 heteroatoms. The first-order chi connectivity index (χ1) is 19.5. The van der Waals surface area contributed by atoms with Crippen LogP contribution in [0.15, 0.2) is 66.7 Å². The van der Waals surface area contributed by atoms with E-state index >= 15 is 0 Å². The van der Waals surface area contributed by atoms with Crippen LogP contribution in [0.1, 0.15) is 38.3 Å². The summed E-state index contributed by atoms with van der Waals surface area (Å²) in [7, 11) is 0. The van der Waals surface area contributed by atoms with Crippen molar-refractivity contribution in [2.24, 2.45) is 23.7 Å². The molecule has 5 rings (SSSR count). The van der Waals surface area contributed by atoms with Gasteiger partial charge in [-0.15, -0.1) is 5.10 Å². The zero-order chi connectivity index (χ0) is 28.2. The largest absolute Gasteiger partial charge is 0.466 e. The van der Waals surface area contributed by atoms with E-state index in [1.807, 2.05) is 73.7 Å². The second kappa shape index (κ2) is 12.0. The molecule has 40 heavy (non-hydrogen) atoms. The number of allylic oxidation sites excluding steroid dienone is 1. The van der Waals surface area contributed by atoms with Crippen molar-refractivity contribution in [1.29, 1.82) is 0 Å². The summed E-state index contributed by atoms with van der Waals surface area (Å²) in [5.74, 6) is -3.38. The number of aliphatic hydroxyl groups excluding tert-OH is 1. The van der Waals surface area contributed by atoms with Crippen molar-refractivity contribution >= 4 is 28.8 Å². The van der Waals surface area contributed by atoms with Gasteiger partial charge in [0, 0.05) is 5.92 Å². The quantitative estimate of drug-likeness (QED) is 0.296. The van der Waals surface area contributed by atoms with Gasteiger partial charge in [0.25, 0.3) is 0 Å². The minimum atomic E-state index is -0.944. The van der Waals surface area contributed by atoms with Gasteiger partial charge in [0.15, 0.2) is 0 Å². The third kappa shape index (κ3) is 4.99. The van der Waals surface area contributed by atoms with E-state index in [-0.39, 0.29) is 31.7 Å². The lowest BCUT2D eigenvalue weighted by Crippen LogP contribution is -2.49. The van der Waals surface area contributed by atoms with Gasteiger partial charge in [-0.25, -0.2) is 4.68 Å². The summed E-state index contributed by atoms with van der Waals surface area (Å²) in [5.41, 5.74) is 2.17. The fourth-order valence-electron chi connectivity index (χ4n) is 6.27. The van der Waals surface area contributed by atoms with Gasteiger partial charge in [-0.2, -0.15) is 0 Å². The second-order valence-electron chi connectivity index (χ2n) is 10.3. The van der Waals surface area contributed by atoms with Crippen molar-refractivity contribution in [2.45, 2.75) is 45.4 Å². The van der Waals surface area contributed by atoms with Crippen molar-refractivity contribution in [3.05, 3.63) is 72.3 Å². The van der Waals surface area contributed by atoms with Gasteiger partial charge < -0.3 is 20.1 Å². The number of esters is 1. The molecule has 1 fully saturated rings. The summed E-state index contributed by atoms with van der Waals surface area (Å²) in [4.78, 5) is 43.0. The number of carbonyl (C=O) groups excluding carboxylic acids is 3. The molecule has 3 aromatic rings. The number of hydrogen-bond donors (Lipinski definition) is 2. The van der Waals surface area contributed by atoms with Crippen LogP contribution in [-0.4, -0.2) is 62.0 Å². The predicted molar refractivity (Wildman–Crippen MR) is 147 cm³/mol. The number of nitrogens with zero attached hydrogens (tertiary/aromatic N) is 4. The van der Waals surface area contributed by atoms with Gasteiger partial charge in [0.2, 0.25) is 11.8 Å². The van der Waals surface area contributed by atoms with E-state index in [9.17, 15) is 19.5 Å². The molecule has 1 aliphatic heterocycles. The van der Waals surface area contributed by atoms with E-state index in [2.05, 4.69) is 15.6 Å². The topological polar surface area (TPSA) is 127 Å². The maximum Gasteiger partial charge on any atom is 0.310 e. The fraction of sp³-hybridized carbons (Fsp3) is 0.433. The molecule has 210 valence electrons. The van der Waals surface area contributed by atoms with Gasteiger partial charge in [-0.3, -0.25) is 14.4 Å². The molecule has 0 spiro atoms. The van der Waals surface area contributed by atoms with Crippen molar-refractivity contribution in [3.63, 3.8) is 0 Å². The molecule has 2 aromatic carbocycles. The maximum absolute atomic E-state index is 14.3. The number of nitrogens with one attached hydrogen (secondary N) is 1. The number of fused-ring (bicyclic) bond motifs is 2. The SMILES string of the molecule is CCC[C@@H]1C=C[C@H]2[C@H](C(=O)N([C@H](CO)c3ccccc3)[C@@H]2C(=O)NCn2nnc3ccccc32)[C@@H]1C(=O)OCC. The van der Waals surface area contributed by atoms with Crippen LogP contribution < -0.4 is 5.32 Å². The minimum Gasteiger partial charge on any atom is -0.466 e. The Morgan fingerprint density at radius 2 is 1.82 bits per heavy atom. The Bertz CT molecular complexity index is 1390. The molecule has 1 saturated heterocycles. The Morgan fingerprint density at radius 1 is 1.07 bits per heavy atom. The second-order valence-corrected chi connectivity index (χ2v) is 10.3. The van der Waals surface area contributed by atoms with E-state index in [1.165, 1.54) is 4.90 Å². The summed E-state index contributed by atoms with van der Waals surface area (Å²) in [5, 5.41) is 21.8. The molecule has 2 N–H and O–H groups in total. The number of ether oxygens (including phenoxy) is 1. The van der Waals surface area contributed by atoms with Crippen molar-refractivity contribution < 1.29 is 24.2 Å². The van der Waals surface area contributed by atoms with Crippen LogP contribution in [0.25, 0.3) is 11.0 Å². The lowest BCUT2D eigenvalue weighted by atomic mass is 9.69. The normalized spacial score (nSPS) is 24.6. The molecule has 6 atom stereocenters. The average molecular weight is 546 g/mol. The highest BCUT2D eigenvalue weighted by Crippen LogP contribution is 2.48. The lowest BCUT2D eigenvalue weighted by molar-refractivity contribution is -0.156. The first-order valence-electron chi connectivity index (χ1n) is 13.9. The number of amides is 2. The highest BCUT2D eigenvalue weighted by Gasteiger charge is 2.59. The average Bonchev–Trinajstić information content (AvgIpc) is 3.52. The van der Waals surface area contributed by atoms with Crippen molar-refractivity contribution in [2.75, 3.05) is 13.2 Å². The first kappa shape index (κ1) is 27.5. The van der Waals surface area contributed by atoms with E-state index < -0.39 is 41.7 Å². The van der Waals surface area contributed by atoms with E-state index in [0.29, 0.717) is 11.1 Å². The Labute approximate surface area is 233 Å². The van der Waals surface area contributed by atoms with E-state index in [4.69, 9.17) is 4.74 Å². The summed E-state index contributed by atoms with van der Waals surface area (Å²) >= 11 is 0. The van der Waals surface area contributed by atoms with Crippen molar-refractivity contribution in [3.8, 4) is 0 Å². The smallest absolute Gasteiger partial charge is 0.310 e. The van der Waals surface area contributed by atoms with Crippen LogP contribution in [0.4, 0.5) is 0 Å². The van der Waals surface area contributed by atoms with Crippen LogP contribution in [-0.2, 0) is 25.8 Å². The van der Waals surface area contributed by atoms with Gasteiger partial charge in [-0.05, 0) is 37.0 Å². The molecular formula is C30H35N5O5. The molecule has 0 unspecified atom stereocenters. The number of rotatable bonds is 10. The fourth-order valence-corrected chi connectivity index (χ4v) is 6.27. The monoisotopic (exact) mass is 545 g/mol. The summed E-state index contributed by atoms with van der Waals surface area (Å²) in [6, 6.07) is 14.9. The molecule has 10 nitrogen and oxygen atoms in total. The van der Waals surface area contributed by atoms with Crippen LogP contribution in [0.3, 0.4) is 0 Å². The van der Waals surface area contributed by atoms with Crippen LogP contribution in [0, 0.1) is 23.7 Å². The number of para-hydroxylation sites is 1. The Balaban J connectivity index is 1.52. The van der Waals surface area contributed by atoms with Gasteiger partial charge >= 0.3 is 5.97 Å². The van der Waals surface area contributed by atoms with Crippen molar-refractivity contribution in [1.82, 2.24) is 25.2 Å². The summed E-state index contributed by atoms with van der Waals surface area (Å²) in [6.45, 7) is 3.65. The van der Waals surface area contributed by atoms with Gasteiger partial charge in [-0.1, -0.05) is 73.2 Å². The highest BCUT2D eigenvalue weighted by molar-refractivity contribution is 5.96. The highest BCUT2D eigenvalue weighted by atomic mass is 16.5. The van der Waals surface area contributed by atoms with Crippen LogP contribution >= 0.6 is 0 Å². The van der Waals surface area contributed by atoms with Gasteiger partial charge in [0.1, 0.15) is 18.2 Å². The molecule has 2 aliphatic rings. The maximum atomic E-state index is 14.3. The van der Waals surface area contributed by atoms with Gasteiger partial charge in [0.05, 0.1) is 36.6 Å².